The molecule has 1 heterocycles. The minimum atomic E-state index is -0.853. The van der Waals surface area contributed by atoms with E-state index >= 15 is 0 Å². The molecule has 1 fully saturated rings. The molecule has 0 spiro atoms. The molecule has 1 unspecified atom stereocenters. The van der Waals surface area contributed by atoms with Gasteiger partial charge in [-0.15, -0.1) is 0 Å². The number of aliphatic hydroxyl groups excluding tert-OH is 1. The summed E-state index contributed by atoms with van der Waals surface area (Å²) in [5.41, 5.74) is 5.28. The summed E-state index contributed by atoms with van der Waals surface area (Å²) in [6.07, 6.45) is 0.703. The van der Waals surface area contributed by atoms with Gasteiger partial charge >= 0.3 is 5.97 Å². The molecule has 1 atom stereocenters. The molecule has 0 saturated carbocycles. The number of carboxylic acids is 1. The average molecular weight is 188 g/mol. The van der Waals surface area contributed by atoms with Crippen LogP contribution in [0.3, 0.4) is 0 Å². The second-order valence-corrected chi connectivity index (χ2v) is 3.68. The molecule has 0 radical (unpaired) electrons. The second-order valence-electron chi connectivity index (χ2n) is 3.68. The third-order valence-electron chi connectivity index (χ3n) is 2.38. The van der Waals surface area contributed by atoms with Crippen LogP contribution in [0.25, 0.3) is 0 Å². The highest BCUT2D eigenvalue weighted by atomic mass is 16.4. The average Bonchev–Trinajstić information content (AvgIpc) is 2.31. The van der Waals surface area contributed by atoms with Crippen molar-refractivity contribution >= 4 is 5.97 Å². The van der Waals surface area contributed by atoms with Crippen LogP contribution in [0.2, 0.25) is 0 Å². The Morgan fingerprint density at radius 3 is 2.85 bits per heavy atom. The molecule has 13 heavy (non-hydrogen) atoms. The maximum absolute atomic E-state index is 10.5. The van der Waals surface area contributed by atoms with Crippen molar-refractivity contribution in [1.29, 1.82) is 0 Å². The molecule has 0 amide bonds. The summed E-state index contributed by atoms with van der Waals surface area (Å²) < 4.78 is 0. The number of hydrogen-bond donors (Lipinski definition) is 3. The van der Waals surface area contributed by atoms with E-state index in [1.807, 2.05) is 4.90 Å². The Kier molecular flexibility index (Phi) is 3.24. The highest BCUT2D eigenvalue weighted by molar-refractivity contribution is 5.68. The summed E-state index contributed by atoms with van der Waals surface area (Å²) >= 11 is 0. The molecule has 0 aromatic rings. The number of aliphatic carboxylic acids is 1. The predicted molar refractivity (Wildman–Crippen MR) is 47.3 cm³/mol. The molecule has 0 aromatic carbocycles. The molecule has 1 aliphatic rings. The number of β-amino-alcohol motifs (C(OH)–C–C–N with tert-alkyl or cyclic N) is 1. The Morgan fingerprint density at radius 2 is 2.31 bits per heavy atom. The lowest BCUT2D eigenvalue weighted by Crippen LogP contribution is -2.44. The van der Waals surface area contributed by atoms with Crippen LogP contribution < -0.4 is 5.73 Å². The van der Waals surface area contributed by atoms with Crippen molar-refractivity contribution in [3.8, 4) is 0 Å². The zero-order valence-electron chi connectivity index (χ0n) is 7.57. The lowest BCUT2D eigenvalue weighted by Gasteiger charge is -2.22. The van der Waals surface area contributed by atoms with Crippen LogP contribution in [-0.2, 0) is 4.79 Å². The van der Waals surface area contributed by atoms with Gasteiger partial charge in [0, 0.05) is 25.2 Å². The molecule has 5 heteroatoms. The molecule has 1 aliphatic heterocycles. The molecule has 0 aromatic heterocycles. The first-order chi connectivity index (χ1) is 6.06. The van der Waals surface area contributed by atoms with Crippen molar-refractivity contribution in [2.75, 3.05) is 26.2 Å². The standard InChI is InChI=1S/C8H16N2O3/c9-8(5-7(12)13)1-2-10(6-8)3-4-11/h11H,1-6,9H2,(H,12,13). The first-order valence-corrected chi connectivity index (χ1v) is 4.40. The number of hydrogen-bond acceptors (Lipinski definition) is 4. The van der Waals surface area contributed by atoms with Crippen LogP contribution in [0.5, 0.6) is 0 Å². The number of rotatable bonds is 4. The fraction of sp³-hybridized carbons (Fsp3) is 0.875. The second kappa shape index (κ2) is 4.04. The quantitative estimate of drug-likeness (QED) is 0.519. The van der Waals surface area contributed by atoms with Crippen LogP contribution in [0.4, 0.5) is 0 Å². The molecule has 0 bridgehead atoms. The Balaban J connectivity index is 2.41. The van der Waals surface area contributed by atoms with Crippen LogP contribution in [0.15, 0.2) is 0 Å². The van der Waals surface area contributed by atoms with E-state index in [0.717, 1.165) is 6.54 Å². The number of carboxylic acid groups (broad SMARTS) is 1. The van der Waals surface area contributed by atoms with Crippen LogP contribution in [0.1, 0.15) is 12.8 Å². The Bertz CT molecular complexity index is 198. The number of aliphatic hydroxyl groups is 1. The van der Waals surface area contributed by atoms with E-state index in [1.54, 1.807) is 0 Å². The summed E-state index contributed by atoms with van der Waals surface area (Å²) in [6, 6.07) is 0. The summed E-state index contributed by atoms with van der Waals surface area (Å²) in [6.45, 7) is 2.03. The minimum absolute atomic E-state index is 0.00886. The SMILES string of the molecule is NC1(CC(=O)O)CCN(CCO)C1. The van der Waals surface area contributed by atoms with Gasteiger partial charge in [0.05, 0.1) is 13.0 Å². The van der Waals surface area contributed by atoms with Crippen molar-refractivity contribution < 1.29 is 15.0 Å². The van der Waals surface area contributed by atoms with E-state index in [4.69, 9.17) is 15.9 Å². The smallest absolute Gasteiger partial charge is 0.305 e. The third-order valence-corrected chi connectivity index (χ3v) is 2.38. The van der Waals surface area contributed by atoms with E-state index in [2.05, 4.69) is 0 Å². The summed E-state index contributed by atoms with van der Waals surface area (Å²) in [5, 5.41) is 17.3. The number of nitrogens with zero attached hydrogens (tertiary/aromatic N) is 1. The fourth-order valence-electron chi connectivity index (χ4n) is 1.76. The van der Waals surface area contributed by atoms with Gasteiger partial charge in [-0.3, -0.25) is 9.69 Å². The summed E-state index contributed by atoms with van der Waals surface area (Å²) in [4.78, 5) is 12.5. The van der Waals surface area contributed by atoms with Crippen LogP contribution in [-0.4, -0.2) is 52.9 Å². The van der Waals surface area contributed by atoms with Gasteiger partial charge in [-0.05, 0) is 6.42 Å². The van der Waals surface area contributed by atoms with E-state index in [1.165, 1.54) is 0 Å². The van der Waals surface area contributed by atoms with E-state index in [9.17, 15) is 4.79 Å². The van der Waals surface area contributed by atoms with Gasteiger partial charge in [0.15, 0.2) is 0 Å². The largest absolute Gasteiger partial charge is 0.481 e. The first-order valence-electron chi connectivity index (χ1n) is 4.40. The lowest BCUT2D eigenvalue weighted by molar-refractivity contribution is -0.138. The maximum atomic E-state index is 10.5. The van der Waals surface area contributed by atoms with Crippen molar-refractivity contribution in [3.63, 3.8) is 0 Å². The zero-order chi connectivity index (χ0) is 9.90. The van der Waals surface area contributed by atoms with Crippen LogP contribution in [0, 0.1) is 0 Å². The number of carbonyl (C=O) groups is 1. The highest BCUT2D eigenvalue weighted by Crippen LogP contribution is 2.21. The van der Waals surface area contributed by atoms with Gasteiger partial charge in [-0.25, -0.2) is 0 Å². The fourth-order valence-corrected chi connectivity index (χ4v) is 1.76. The Hall–Kier alpha value is -0.650. The van der Waals surface area contributed by atoms with Crippen molar-refractivity contribution in [3.05, 3.63) is 0 Å². The zero-order valence-corrected chi connectivity index (χ0v) is 7.57. The van der Waals surface area contributed by atoms with Crippen molar-refractivity contribution in [2.45, 2.75) is 18.4 Å². The molecular weight excluding hydrogens is 172 g/mol. The van der Waals surface area contributed by atoms with E-state index in [0.29, 0.717) is 19.5 Å². The summed E-state index contributed by atoms with van der Waals surface area (Å²) in [5.74, 6) is -0.853. The minimum Gasteiger partial charge on any atom is -0.481 e. The molecule has 5 nitrogen and oxygen atoms in total. The van der Waals surface area contributed by atoms with E-state index in [-0.39, 0.29) is 13.0 Å². The molecule has 76 valence electrons. The van der Waals surface area contributed by atoms with Gasteiger partial charge in [0.2, 0.25) is 0 Å². The van der Waals surface area contributed by atoms with Crippen molar-refractivity contribution in [1.82, 2.24) is 4.90 Å². The maximum Gasteiger partial charge on any atom is 0.305 e. The highest BCUT2D eigenvalue weighted by Gasteiger charge is 2.35. The predicted octanol–water partition coefficient (Wildman–Crippen LogP) is -1.14. The molecule has 1 rings (SSSR count). The van der Waals surface area contributed by atoms with Gasteiger partial charge in [0.1, 0.15) is 0 Å². The molecule has 4 N–H and O–H groups in total. The topological polar surface area (TPSA) is 86.8 Å². The van der Waals surface area contributed by atoms with Crippen molar-refractivity contribution in [2.24, 2.45) is 5.73 Å². The number of nitrogens with two attached hydrogens (primary N) is 1. The molecular formula is C8H16N2O3. The Morgan fingerprint density at radius 1 is 1.62 bits per heavy atom. The van der Waals surface area contributed by atoms with Gasteiger partial charge in [-0.1, -0.05) is 0 Å². The van der Waals surface area contributed by atoms with Gasteiger partial charge in [-0.2, -0.15) is 0 Å². The Labute approximate surface area is 77.1 Å². The first kappa shape index (κ1) is 10.4. The molecule has 0 aliphatic carbocycles. The normalized spacial score (nSPS) is 29.4. The monoisotopic (exact) mass is 188 g/mol. The number of likely N-dealkylation sites (tertiary alicyclic amines) is 1. The lowest BCUT2D eigenvalue weighted by atomic mass is 9.96. The van der Waals surface area contributed by atoms with E-state index < -0.39 is 11.5 Å². The van der Waals surface area contributed by atoms with Gasteiger partial charge < -0.3 is 15.9 Å². The third kappa shape index (κ3) is 2.95. The van der Waals surface area contributed by atoms with Crippen LogP contribution >= 0.6 is 0 Å². The molecule has 1 saturated heterocycles. The summed E-state index contributed by atoms with van der Waals surface area (Å²) in [7, 11) is 0. The van der Waals surface area contributed by atoms with Gasteiger partial charge in [0.25, 0.3) is 0 Å².